The Bertz CT molecular complexity index is 1210. The van der Waals surface area contributed by atoms with Gasteiger partial charge in [-0.1, -0.05) is 60.7 Å². The van der Waals surface area contributed by atoms with E-state index in [-0.39, 0.29) is 0 Å². The largest absolute Gasteiger partial charge is 0.293 e. The fourth-order valence-electron chi connectivity index (χ4n) is 3.54. The molecule has 5 rings (SSSR count). The quantitative estimate of drug-likeness (QED) is 0.393. The van der Waals surface area contributed by atoms with Crippen LogP contribution in [-0.4, -0.2) is 9.38 Å². The van der Waals surface area contributed by atoms with Crippen LogP contribution in [0.3, 0.4) is 0 Å². The van der Waals surface area contributed by atoms with Gasteiger partial charge in [0.1, 0.15) is 5.82 Å². The molecule has 114 valence electrons. The van der Waals surface area contributed by atoms with Gasteiger partial charge in [-0.15, -0.1) is 0 Å². The molecule has 0 aliphatic rings. The molecule has 0 aliphatic heterocycles. The molecule has 2 aromatic heterocycles. The van der Waals surface area contributed by atoms with Crippen molar-refractivity contribution < 1.29 is 0 Å². The highest BCUT2D eigenvalue weighted by molar-refractivity contribution is 6.02. The van der Waals surface area contributed by atoms with E-state index in [1.54, 1.807) is 0 Å². The molecule has 2 heterocycles. The van der Waals surface area contributed by atoms with Crippen molar-refractivity contribution in [2.75, 3.05) is 0 Å². The van der Waals surface area contributed by atoms with Crippen molar-refractivity contribution in [2.24, 2.45) is 0 Å². The van der Waals surface area contributed by atoms with Crippen LogP contribution in [0.2, 0.25) is 0 Å². The molecular formula is C22H16N2. The van der Waals surface area contributed by atoms with Gasteiger partial charge in [-0.25, -0.2) is 4.98 Å². The molecule has 0 atom stereocenters. The summed E-state index contributed by atoms with van der Waals surface area (Å²) in [6.45, 7) is 2.14. The third-order valence-electron chi connectivity index (χ3n) is 4.71. The molecule has 2 heteroatoms. The number of rotatable bonds is 1. The van der Waals surface area contributed by atoms with Crippen LogP contribution in [0.5, 0.6) is 0 Å². The zero-order valence-electron chi connectivity index (χ0n) is 13.4. The lowest BCUT2D eigenvalue weighted by Crippen LogP contribution is -1.98. The molecule has 0 bridgehead atoms. The minimum Gasteiger partial charge on any atom is -0.293 e. The molecule has 0 saturated carbocycles. The summed E-state index contributed by atoms with van der Waals surface area (Å²) in [5, 5.41) is 2.43. The van der Waals surface area contributed by atoms with Crippen LogP contribution < -0.4 is 0 Å². The SMILES string of the molecule is Cc1ccccc1-c1nc2ccccc2c2cc3ccccc3n12. The molecule has 0 saturated heterocycles. The average molecular weight is 308 g/mol. The van der Waals surface area contributed by atoms with E-state index in [4.69, 9.17) is 4.98 Å². The van der Waals surface area contributed by atoms with Crippen molar-refractivity contribution in [3.63, 3.8) is 0 Å². The lowest BCUT2D eigenvalue weighted by molar-refractivity contribution is 1.17. The zero-order valence-corrected chi connectivity index (χ0v) is 13.4. The molecule has 0 amide bonds. The highest BCUT2D eigenvalue weighted by atomic mass is 15.0. The lowest BCUT2D eigenvalue weighted by Gasteiger charge is -2.12. The third-order valence-corrected chi connectivity index (χ3v) is 4.71. The van der Waals surface area contributed by atoms with Crippen LogP contribution in [0.25, 0.3) is 38.7 Å². The first-order valence-corrected chi connectivity index (χ1v) is 8.18. The Morgan fingerprint density at radius 3 is 2.42 bits per heavy atom. The number of aryl methyl sites for hydroxylation is 1. The predicted octanol–water partition coefficient (Wildman–Crippen LogP) is 5.62. The van der Waals surface area contributed by atoms with E-state index in [2.05, 4.69) is 90.2 Å². The Morgan fingerprint density at radius 1 is 0.750 bits per heavy atom. The van der Waals surface area contributed by atoms with Gasteiger partial charge in [0.15, 0.2) is 0 Å². The number of hydrogen-bond donors (Lipinski definition) is 0. The van der Waals surface area contributed by atoms with Crippen LogP contribution in [-0.2, 0) is 0 Å². The van der Waals surface area contributed by atoms with Gasteiger partial charge in [-0.3, -0.25) is 4.40 Å². The average Bonchev–Trinajstić information content (AvgIpc) is 3.01. The lowest BCUT2D eigenvalue weighted by atomic mass is 10.1. The Balaban J connectivity index is 2.06. The Labute approximate surface area is 140 Å². The molecule has 0 unspecified atom stereocenters. The molecule has 24 heavy (non-hydrogen) atoms. The normalized spacial score (nSPS) is 11.5. The van der Waals surface area contributed by atoms with E-state index in [9.17, 15) is 0 Å². The van der Waals surface area contributed by atoms with Gasteiger partial charge in [0, 0.05) is 16.3 Å². The van der Waals surface area contributed by atoms with E-state index >= 15 is 0 Å². The first-order valence-electron chi connectivity index (χ1n) is 8.18. The van der Waals surface area contributed by atoms with Crippen LogP contribution in [0.15, 0.2) is 78.9 Å². The second-order valence-corrected chi connectivity index (χ2v) is 6.19. The molecular weight excluding hydrogens is 292 g/mol. The summed E-state index contributed by atoms with van der Waals surface area (Å²) < 4.78 is 2.29. The molecule has 0 aliphatic carbocycles. The van der Waals surface area contributed by atoms with Crippen LogP contribution >= 0.6 is 0 Å². The van der Waals surface area contributed by atoms with Crippen molar-refractivity contribution in [3.8, 4) is 11.4 Å². The molecule has 3 aromatic carbocycles. The minimum absolute atomic E-state index is 1.00. The fraction of sp³-hybridized carbons (Fsp3) is 0.0455. The van der Waals surface area contributed by atoms with Crippen LogP contribution in [0.1, 0.15) is 5.56 Å². The molecule has 5 aromatic rings. The van der Waals surface area contributed by atoms with Gasteiger partial charge < -0.3 is 0 Å². The number of nitrogens with zero attached hydrogens (tertiary/aromatic N) is 2. The topological polar surface area (TPSA) is 17.3 Å². The number of para-hydroxylation sites is 2. The molecule has 0 fully saturated rings. The predicted molar refractivity (Wildman–Crippen MR) is 100 cm³/mol. The van der Waals surface area contributed by atoms with E-state index in [0.29, 0.717) is 0 Å². The zero-order chi connectivity index (χ0) is 16.1. The Morgan fingerprint density at radius 2 is 1.50 bits per heavy atom. The summed E-state index contributed by atoms with van der Waals surface area (Å²) in [5.74, 6) is 1.00. The fourth-order valence-corrected chi connectivity index (χ4v) is 3.54. The monoisotopic (exact) mass is 308 g/mol. The van der Waals surface area contributed by atoms with E-state index < -0.39 is 0 Å². The van der Waals surface area contributed by atoms with E-state index in [1.165, 1.54) is 32.9 Å². The molecule has 0 radical (unpaired) electrons. The van der Waals surface area contributed by atoms with Gasteiger partial charge in [-0.05, 0) is 30.7 Å². The van der Waals surface area contributed by atoms with Gasteiger partial charge >= 0.3 is 0 Å². The minimum atomic E-state index is 1.00. The number of benzene rings is 3. The summed E-state index contributed by atoms with van der Waals surface area (Å²) >= 11 is 0. The number of fused-ring (bicyclic) bond motifs is 5. The second-order valence-electron chi connectivity index (χ2n) is 6.19. The maximum absolute atomic E-state index is 5.02. The Hall–Kier alpha value is -3.13. The van der Waals surface area contributed by atoms with E-state index in [1.807, 2.05) is 0 Å². The maximum Gasteiger partial charge on any atom is 0.145 e. The third kappa shape index (κ3) is 1.80. The second kappa shape index (κ2) is 4.93. The maximum atomic E-state index is 5.02. The summed E-state index contributed by atoms with van der Waals surface area (Å²) in [5.41, 5.74) is 5.85. The van der Waals surface area contributed by atoms with E-state index in [0.717, 1.165) is 11.3 Å². The summed E-state index contributed by atoms with van der Waals surface area (Å²) in [6, 6.07) is 27.6. The number of aromatic nitrogens is 2. The summed E-state index contributed by atoms with van der Waals surface area (Å²) in [4.78, 5) is 5.02. The van der Waals surface area contributed by atoms with Crippen molar-refractivity contribution >= 4 is 27.3 Å². The van der Waals surface area contributed by atoms with Gasteiger partial charge in [0.25, 0.3) is 0 Å². The number of hydrogen-bond acceptors (Lipinski definition) is 1. The van der Waals surface area contributed by atoms with Gasteiger partial charge in [0.2, 0.25) is 0 Å². The van der Waals surface area contributed by atoms with Crippen molar-refractivity contribution in [1.82, 2.24) is 9.38 Å². The first kappa shape index (κ1) is 13.3. The molecule has 2 nitrogen and oxygen atoms in total. The van der Waals surface area contributed by atoms with Crippen molar-refractivity contribution in [2.45, 2.75) is 6.92 Å². The highest BCUT2D eigenvalue weighted by Gasteiger charge is 2.14. The smallest absolute Gasteiger partial charge is 0.145 e. The first-order chi connectivity index (χ1) is 11.8. The standard InChI is InChI=1S/C22H16N2/c1-15-8-2-4-10-17(15)22-23-19-12-6-5-11-18(19)21-14-16-9-3-7-13-20(16)24(21)22/h2-14H,1H3. The Kier molecular flexibility index (Phi) is 2.74. The summed E-state index contributed by atoms with van der Waals surface area (Å²) in [7, 11) is 0. The molecule has 0 spiro atoms. The van der Waals surface area contributed by atoms with Gasteiger partial charge in [0.05, 0.1) is 16.6 Å². The van der Waals surface area contributed by atoms with Crippen LogP contribution in [0, 0.1) is 6.92 Å². The van der Waals surface area contributed by atoms with Crippen LogP contribution in [0.4, 0.5) is 0 Å². The van der Waals surface area contributed by atoms with Crippen molar-refractivity contribution in [1.29, 1.82) is 0 Å². The highest BCUT2D eigenvalue weighted by Crippen LogP contribution is 2.32. The summed E-state index contributed by atoms with van der Waals surface area (Å²) in [6.07, 6.45) is 0. The molecule has 0 N–H and O–H groups in total. The van der Waals surface area contributed by atoms with Crippen molar-refractivity contribution in [3.05, 3.63) is 84.4 Å². The van der Waals surface area contributed by atoms with Gasteiger partial charge in [-0.2, -0.15) is 0 Å².